The predicted octanol–water partition coefficient (Wildman–Crippen LogP) is 3.02. The standard InChI is InChI=1S/C15H21NO/c1-2-3-9-14-10-15(17)12-16(14)11-13-7-5-4-6-8-13/h4-8,14H,2-3,9-12H2,1H3. The van der Waals surface area contributed by atoms with Crippen molar-refractivity contribution in [3.05, 3.63) is 35.9 Å². The first kappa shape index (κ1) is 12.3. The number of unbranched alkanes of at least 4 members (excludes halogenated alkanes) is 1. The molecule has 0 aliphatic carbocycles. The highest BCUT2D eigenvalue weighted by molar-refractivity contribution is 5.83. The van der Waals surface area contributed by atoms with Crippen molar-refractivity contribution in [3.63, 3.8) is 0 Å². The highest BCUT2D eigenvalue weighted by Gasteiger charge is 2.29. The highest BCUT2D eigenvalue weighted by Crippen LogP contribution is 2.22. The van der Waals surface area contributed by atoms with Gasteiger partial charge in [0.05, 0.1) is 6.54 Å². The normalized spacial score (nSPS) is 21.0. The van der Waals surface area contributed by atoms with E-state index in [1.54, 1.807) is 0 Å². The first-order valence-corrected chi connectivity index (χ1v) is 6.59. The molecule has 1 atom stereocenters. The van der Waals surface area contributed by atoms with Gasteiger partial charge in [0.2, 0.25) is 0 Å². The number of carbonyl (C=O) groups excluding carboxylic acids is 1. The fourth-order valence-corrected chi connectivity index (χ4v) is 2.54. The van der Waals surface area contributed by atoms with Gasteiger partial charge in [-0.25, -0.2) is 0 Å². The van der Waals surface area contributed by atoms with E-state index in [-0.39, 0.29) is 0 Å². The molecular formula is C15H21NO. The van der Waals surface area contributed by atoms with Crippen LogP contribution >= 0.6 is 0 Å². The lowest BCUT2D eigenvalue weighted by molar-refractivity contribution is -0.117. The number of benzene rings is 1. The van der Waals surface area contributed by atoms with E-state index in [1.165, 1.54) is 18.4 Å². The maximum absolute atomic E-state index is 11.6. The Morgan fingerprint density at radius 1 is 1.29 bits per heavy atom. The van der Waals surface area contributed by atoms with E-state index in [0.29, 0.717) is 18.4 Å². The molecule has 0 aromatic heterocycles. The minimum atomic E-state index is 0.405. The molecule has 1 saturated heterocycles. The van der Waals surface area contributed by atoms with Crippen molar-refractivity contribution in [2.45, 2.75) is 45.2 Å². The molecular weight excluding hydrogens is 210 g/mol. The van der Waals surface area contributed by atoms with Gasteiger partial charge < -0.3 is 0 Å². The lowest BCUT2D eigenvalue weighted by atomic mass is 10.1. The predicted molar refractivity (Wildman–Crippen MR) is 69.8 cm³/mol. The van der Waals surface area contributed by atoms with Crippen LogP contribution in [0, 0.1) is 0 Å². The van der Waals surface area contributed by atoms with E-state index in [2.05, 4.69) is 36.1 Å². The van der Waals surface area contributed by atoms with Crippen LogP contribution in [0.1, 0.15) is 38.2 Å². The first-order valence-electron chi connectivity index (χ1n) is 6.59. The van der Waals surface area contributed by atoms with Crippen LogP contribution in [0.15, 0.2) is 30.3 Å². The highest BCUT2D eigenvalue weighted by atomic mass is 16.1. The Morgan fingerprint density at radius 3 is 2.76 bits per heavy atom. The average molecular weight is 231 g/mol. The number of carbonyl (C=O) groups is 1. The van der Waals surface area contributed by atoms with Gasteiger partial charge in [-0.2, -0.15) is 0 Å². The molecule has 0 saturated carbocycles. The zero-order valence-corrected chi connectivity index (χ0v) is 10.6. The van der Waals surface area contributed by atoms with Crippen molar-refractivity contribution in [2.75, 3.05) is 6.54 Å². The molecule has 1 heterocycles. The van der Waals surface area contributed by atoms with Crippen molar-refractivity contribution in [1.29, 1.82) is 0 Å². The second kappa shape index (κ2) is 5.97. The van der Waals surface area contributed by atoms with Crippen LogP contribution in [0.4, 0.5) is 0 Å². The van der Waals surface area contributed by atoms with Crippen LogP contribution in [0.2, 0.25) is 0 Å². The quantitative estimate of drug-likeness (QED) is 0.776. The molecule has 0 spiro atoms. The summed E-state index contributed by atoms with van der Waals surface area (Å²) in [7, 11) is 0. The molecule has 2 nitrogen and oxygen atoms in total. The molecule has 1 unspecified atom stereocenters. The molecule has 1 aliphatic rings. The van der Waals surface area contributed by atoms with Crippen LogP contribution in [0.5, 0.6) is 0 Å². The summed E-state index contributed by atoms with van der Waals surface area (Å²) < 4.78 is 0. The van der Waals surface area contributed by atoms with Gasteiger partial charge in [-0.3, -0.25) is 9.69 Å². The van der Waals surface area contributed by atoms with Crippen LogP contribution in [-0.2, 0) is 11.3 Å². The topological polar surface area (TPSA) is 20.3 Å². The van der Waals surface area contributed by atoms with Gasteiger partial charge in [0.15, 0.2) is 0 Å². The second-order valence-corrected chi connectivity index (χ2v) is 4.93. The average Bonchev–Trinajstić information content (AvgIpc) is 2.68. The minimum absolute atomic E-state index is 0.405. The summed E-state index contributed by atoms with van der Waals surface area (Å²) in [6.45, 7) is 3.77. The van der Waals surface area contributed by atoms with Crippen LogP contribution in [0.3, 0.4) is 0 Å². The molecule has 2 heteroatoms. The lowest BCUT2D eigenvalue weighted by Crippen LogP contribution is -2.29. The van der Waals surface area contributed by atoms with Gasteiger partial charge in [0.1, 0.15) is 5.78 Å². The summed E-state index contributed by atoms with van der Waals surface area (Å²) >= 11 is 0. The summed E-state index contributed by atoms with van der Waals surface area (Å²) in [5.41, 5.74) is 1.31. The molecule has 17 heavy (non-hydrogen) atoms. The molecule has 1 fully saturated rings. The number of Topliss-reactive ketones (excluding diaryl/α,β-unsaturated/α-hetero) is 1. The molecule has 2 rings (SSSR count). The fourth-order valence-electron chi connectivity index (χ4n) is 2.54. The van der Waals surface area contributed by atoms with Gasteiger partial charge in [0.25, 0.3) is 0 Å². The van der Waals surface area contributed by atoms with Crippen LogP contribution < -0.4 is 0 Å². The monoisotopic (exact) mass is 231 g/mol. The van der Waals surface area contributed by atoms with E-state index < -0.39 is 0 Å². The Labute approximate surface area is 104 Å². The number of hydrogen-bond donors (Lipinski definition) is 0. The summed E-state index contributed by atoms with van der Waals surface area (Å²) in [6.07, 6.45) is 4.36. The van der Waals surface area contributed by atoms with E-state index in [9.17, 15) is 4.79 Å². The third kappa shape index (κ3) is 3.40. The fraction of sp³-hybridized carbons (Fsp3) is 0.533. The molecule has 1 aromatic rings. The Hall–Kier alpha value is -1.15. The SMILES string of the molecule is CCCCC1CC(=O)CN1Cc1ccccc1. The maximum Gasteiger partial charge on any atom is 0.148 e. The molecule has 1 aromatic carbocycles. The number of hydrogen-bond acceptors (Lipinski definition) is 2. The number of nitrogens with zero attached hydrogens (tertiary/aromatic N) is 1. The molecule has 92 valence electrons. The van der Waals surface area contributed by atoms with E-state index in [4.69, 9.17) is 0 Å². The van der Waals surface area contributed by atoms with Crippen LogP contribution in [-0.4, -0.2) is 23.3 Å². The molecule has 0 amide bonds. The molecule has 0 bridgehead atoms. The number of ketones is 1. The summed E-state index contributed by atoms with van der Waals surface area (Å²) in [5.74, 6) is 0.405. The van der Waals surface area contributed by atoms with E-state index >= 15 is 0 Å². The third-order valence-electron chi connectivity index (χ3n) is 3.48. The van der Waals surface area contributed by atoms with E-state index in [0.717, 1.165) is 19.4 Å². The van der Waals surface area contributed by atoms with Crippen molar-refractivity contribution in [3.8, 4) is 0 Å². The Balaban J connectivity index is 1.96. The first-order chi connectivity index (χ1) is 8.29. The molecule has 1 aliphatic heterocycles. The summed E-state index contributed by atoms with van der Waals surface area (Å²) in [6, 6.07) is 10.9. The minimum Gasteiger partial charge on any atom is -0.298 e. The number of likely N-dealkylation sites (tertiary alicyclic amines) is 1. The van der Waals surface area contributed by atoms with Gasteiger partial charge >= 0.3 is 0 Å². The van der Waals surface area contributed by atoms with Crippen molar-refractivity contribution >= 4 is 5.78 Å². The van der Waals surface area contributed by atoms with Crippen molar-refractivity contribution < 1.29 is 4.79 Å². The summed E-state index contributed by atoms with van der Waals surface area (Å²) in [5, 5.41) is 0. The van der Waals surface area contributed by atoms with Gasteiger partial charge in [-0.15, -0.1) is 0 Å². The van der Waals surface area contributed by atoms with E-state index in [1.807, 2.05) is 6.07 Å². The molecule has 0 N–H and O–H groups in total. The summed E-state index contributed by atoms with van der Waals surface area (Å²) in [4.78, 5) is 13.9. The second-order valence-electron chi connectivity index (χ2n) is 4.93. The van der Waals surface area contributed by atoms with Crippen molar-refractivity contribution in [1.82, 2.24) is 4.90 Å². The third-order valence-corrected chi connectivity index (χ3v) is 3.48. The smallest absolute Gasteiger partial charge is 0.148 e. The zero-order chi connectivity index (χ0) is 12.1. The number of rotatable bonds is 5. The van der Waals surface area contributed by atoms with Crippen LogP contribution in [0.25, 0.3) is 0 Å². The Morgan fingerprint density at radius 2 is 2.06 bits per heavy atom. The Bertz CT molecular complexity index is 360. The Kier molecular flexibility index (Phi) is 4.32. The van der Waals surface area contributed by atoms with Gasteiger partial charge in [0, 0.05) is 19.0 Å². The van der Waals surface area contributed by atoms with Crippen molar-refractivity contribution in [2.24, 2.45) is 0 Å². The van der Waals surface area contributed by atoms with Gasteiger partial charge in [-0.05, 0) is 12.0 Å². The molecule has 0 radical (unpaired) electrons. The van der Waals surface area contributed by atoms with Gasteiger partial charge in [-0.1, -0.05) is 50.1 Å². The maximum atomic E-state index is 11.6. The lowest BCUT2D eigenvalue weighted by Gasteiger charge is -2.23. The zero-order valence-electron chi connectivity index (χ0n) is 10.6. The largest absolute Gasteiger partial charge is 0.298 e.